The van der Waals surface area contributed by atoms with Crippen LogP contribution in [0, 0.1) is 5.82 Å². The van der Waals surface area contributed by atoms with E-state index in [1.807, 2.05) is 21.7 Å². The van der Waals surface area contributed by atoms with Gasteiger partial charge < -0.3 is 19.9 Å². The highest BCUT2D eigenvalue weighted by Crippen LogP contribution is 2.28. The number of carbonyl (C=O) groups excluding carboxylic acids is 3. The summed E-state index contributed by atoms with van der Waals surface area (Å²) in [5.41, 5.74) is 1.53. The molecular formula is C21H23FN4O4S. The average molecular weight is 447 g/mol. The summed E-state index contributed by atoms with van der Waals surface area (Å²) >= 11 is 1.48. The molecule has 0 radical (unpaired) electrons. The van der Waals surface area contributed by atoms with E-state index in [0.717, 1.165) is 0 Å². The lowest BCUT2D eigenvalue weighted by Crippen LogP contribution is -2.49. The Labute approximate surface area is 183 Å². The lowest BCUT2D eigenvalue weighted by atomic mass is 10.2. The van der Waals surface area contributed by atoms with Crippen LogP contribution < -0.4 is 15.1 Å². The molecule has 2 aliphatic rings. The molecule has 0 bridgehead atoms. The van der Waals surface area contributed by atoms with Gasteiger partial charge in [-0.2, -0.15) is 11.3 Å². The van der Waals surface area contributed by atoms with E-state index in [9.17, 15) is 18.8 Å². The average Bonchev–Trinajstić information content (AvgIpc) is 3.42. The van der Waals surface area contributed by atoms with Crippen molar-refractivity contribution in [2.45, 2.75) is 13.0 Å². The van der Waals surface area contributed by atoms with Crippen LogP contribution in [0.5, 0.6) is 0 Å². The van der Waals surface area contributed by atoms with Crippen molar-refractivity contribution >= 4 is 40.6 Å². The van der Waals surface area contributed by atoms with Gasteiger partial charge in [-0.25, -0.2) is 9.18 Å². The molecule has 0 saturated carbocycles. The first-order chi connectivity index (χ1) is 14.9. The quantitative estimate of drug-likeness (QED) is 0.762. The molecule has 10 heteroatoms. The molecule has 1 aromatic heterocycles. The lowest BCUT2D eigenvalue weighted by Gasteiger charge is -2.36. The van der Waals surface area contributed by atoms with E-state index in [0.29, 0.717) is 43.1 Å². The Hall–Kier alpha value is -3.14. The predicted octanol–water partition coefficient (Wildman–Crippen LogP) is 2.31. The van der Waals surface area contributed by atoms with E-state index in [1.54, 1.807) is 17.0 Å². The number of cyclic esters (lactones) is 1. The molecule has 1 N–H and O–H groups in total. The molecule has 0 aliphatic carbocycles. The van der Waals surface area contributed by atoms with Crippen molar-refractivity contribution < 1.29 is 23.5 Å². The lowest BCUT2D eigenvalue weighted by molar-refractivity contribution is -0.119. The van der Waals surface area contributed by atoms with Gasteiger partial charge in [0.05, 0.1) is 30.0 Å². The van der Waals surface area contributed by atoms with Gasteiger partial charge in [-0.05, 0) is 29.6 Å². The zero-order chi connectivity index (χ0) is 22.0. The maximum Gasteiger partial charge on any atom is 0.414 e. The van der Waals surface area contributed by atoms with Crippen LogP contribution >= 0.6 is 11.3 Å². The number of thiophene rings is 1. The third kappa shape index (κ3) is 4.63. The molecular weight excluding hydrogens is 423 g/mol. The number of halogens is 1. The van der Waals surface area contributed by atoms with Crippen LogP contribution in [0.25, 0.3) is 0 Å². The summed E-state index contributed by atoms with van der Waals surface area (Å²) in [7, 11) is 0. The number of nitrogens with zero attached hydrogens (tertiary/aromatic N) is 3. The van der Waals surface area contributed by atoms with Crippen LogP contribution in [0.15, 0.2) is 35.0 Å². The second kappa shape index (κ2) is 8.93. The first-order valence-corrected chi connectivity index (χ1v) is 10.9. The maximum absolute atomic E-state index is 14.9. The molecule has 2 aliphatic heterocycles. The van der Waals surface area contributed by atoms with E-state index in [4.69, 9.17) is 4.74 Å². The highest BCUT2D eigenvalue weighted by atomic mass is 32.1. The number of benzene rings is 1. The van der Waals surface area contributed by atoms with E-state index in [2.05, 4.69) is 5.32 Å². The topological polar surface area (TPSA) is 82.2 Å². The molecule has 31 heavy (non-hydrogen) atoms. The van der Waals surface area contributed by atoms with Crippen LogP contribution in [-0.2, 0) is 9.53 Å². The van der Waals surface area contributed by atoms with E-state index < -0.39 is 18.0 Å². The fourth-order valence-corrected chi connectivity index (χ4v) is 4.37. The number of anilines is 2. The highest BCUT2D eigenvalue weighted by Gasteiger charge is 2.33. The smallest absolute Gasteiger partial charge is 0.414 e. The third-order valence-electron chi connectivity index (χ3n) is 5.37. The zero-order valence-corrected chi connectivity index (χ0v) is 17.9. The van der Waals surface area contributed by atoms with Crippen molar-refractivity contribution in [1.29, 1.82) is 0 Å². The van der Waals surface area contributed by atoms with Crippen molar-refractivity contribution in [3.63, 3.8) is 0 Å². The minimum absolute atomic E-state index is 0.00178. The second-order valence-corrected chi connectivity index (χ2v) is 8.26. The highest BCUT2D eigenvalue weighted by molar-refractivity contribution is 7.08. The van der Waals surface area contributed by atoms with Crippen LogP contribution in [0.1, 0.15) is 17.3 Å². The van der Waals surface area contributed by atoms with Crippen LogP contribution in [0.3, 0.4) is 0 Å². The Kier molecular flexibility index (Phi) is 6.08. The van der Waals surface area contributed by atoms with Crippen molar-refractivity contribution in [1.82, 2.24) is 10.2 Å². The summed E-state index contributed by atoms with van der Waals surface area (Å²) in [5.74, 6) is -0.645. The number of carbonyl (C=O) groups is 3. The normalized spacial score (nSPS) is 18.8. The molecule has 2 aromatic rings. The SMILES string of the molecule is CC(=O)NC[C@H]1CN(c2ccc(N3CCN(C(=O)c4ccsc4)CC3)c(F)c2)C(=O)O1. The molecule has 2 saturated heterocycles. The summed E-state index contributed by atoms with van der Waals surface area (Å²) in [5, 5.41) is 6.32. The number of amides is 3. The maximum atomic E-state index is 14.9. The van der Waals surface area contributed by atoms with E-state index in [1.165, 1.54) is 29.2 Å². The van der Waals surface area contributed by atoms with E-state index >= 15 is 0 Å². The number of piperazine rings is 1. The number of nitrogens with one attached hydrogen (secondary N) is 1. The van der Waals surface area contributed by atoms with Gasteiger partial charge in [-0.15, -0.1) is 0 Å². The molecule has 0 spiro atoms. The van der Waals surface area contributed by atoms with Gasteiger partial charge in [0.25, 0.3) is 5.91 Å². The fraction of sp³-hybridized carbons (Fsp3) is 0.381. The van der Waals surface area contributed by atoms with Crippen molar-refractivity contribution in [2.75, 3.05) is 49.1 Å². The van der Waals surface area contributed by atoms with Crippen LogP contribution in [-0.4, -0.2) is 68.2 Å². The Balaban J connectivity index is 1.38. The summed E-state index contributed by atoms with van der Waals surface area (Å²) in [6, 6.07) is 6.46. The first-order valence-electron chi connectivity index (χ1n) is 10.0. The van der Waals surface area contributed by atoms with Gasteiger partial charge in [0.1, 0.15) is 11.9 Å². The summed E-state index contributed by atoms with van der Waals surface area (Å²) in [6.45, 7) is 3.92. The molecule has 3 amide bonds. The largest absolute Gasteiger partial charge is 0.442 e. The molecule has 2 fully saturated rings. The Morgan fingerprint density at radius 2 is 2.00 bits per heavy atom. The van der Waals surface area contributed by atoms with Crippen molar-refractivity contribution in [3.05, 3.63) is 46.4 Å². The minimum atomic E-state index is -0.567. The summed E-state index contributed by atoms with van der Waals surface area (Å²) in [6.07, 6.45) is -1.05. The summed E-state index contributed by atoms with van der Waals surface area (Å²) < 4.78 is 20.1. The molecule has 0 unspecified atom stereocenters. The van der Waals surface area contributed by atoms with Crippen molar-refractivity contribution in [3.8, 4) is 0 Å². The molecule has 8 nitrogen and oxygen atoms in total. The number of hydrogen-bond donors (Lipinski definition) is 1. The number of ether oxygens (including phenoxy) is 1. The number of rotatable bonds is 5. The first kappa shape index (κ1) is 21.1. The Morgan fingerprint density at radius 1 is 1.23 bits per heavy atom. The molecule has 3 heterocycles. The summed E-state index contributed by atoms with van der Waals surface area (Å²) in [4.78, 5) is 40.7. The minimum Gasteiger partial charge on any atom is -0.442 e. The molecule has 4 rings (SSSR count). The zero-order valence-electron chi connectivity index (χ0n) is 17.0. The van der Waals surface area contributed by atoms with Gasteiger partial charge in [0.2, 0.25) is 5.91 Å². The Morgan fingerprint density at radius 3 is 2.65 bits per heavy atom. The van der Waals surface area contributed by atoms with E-state index in [-0.39, 0.29) is 24.9 Å². The van der Waals surface area contributed by atoms with Gasteiger partial charge in [-0.1, -0.05) is 0 Å². The van der Waals surface area contributed by atoms with Gasteiger partial charge >= 0.3 is 6.09 Å². The number of hydrogen-bond acceptors (Lipinski definition) is 6. The second-order valence-electron chi connectivity index (χ2n) is 7.48. The van der Waals surface area contributed by atoms with Gasteiger partial charge in [0.15, 0.2) is 0 Å². The van der Waals surface area contributed by atoms with Crippen LogP contribution in [0.4, 0.5) is 20.6 Å². The monoisotopic (exact) mass is 446 g/mol. The van der Waals surface area contributed by atoms with Gasteiger partial charge in [0, 0.05) is 38.5 Å². The molecule has 1 atom stereocenters. The van der Waals surface area contributed by atoms with Gasteiger partial charge in [-0.3, -0.25) is 14.5 Å². The van der Waals surface area contributed by atoms with Crippen molar-refractivity contribution in [2.24, 2.45) is 0 Å². The third-order valence-corrected chi connectivity index (χ3v) is 6.05. The van der Waals surface area contributed by atoms with Crippen LogP contribution in [0.2, 0.25) is 0 Å². The fourth-order valence-electron chi connectivity index (χ4n) is 3.74. The standard InChI is InChI=1S/C21H23FN4O4S/c1-14(27)23-11-17-12-26(21(29)30-17)16-2-3-19(18(22)10-16)24-5-7-25(8-6-24)20(28)15-4-9-31-13-15/h2-4,9-10,13,17H,5-8,11-12H2,1H3,(H,23,27)/t17-/m0/s1. The molecule has 1 aromatic carbocycles. The Bertz CT molecular complexity index is 976. The predicted molar refractivity (Wildman–Crippen MR) is 115 cm³/mol. The molecule has 164 valence electrons.